The number of carbonyl (C=O) groups is 1. The zero-order valence-corrected chi connectivity index (χ0v) is 17.2. The fraction of sp³-hybridized carbons (Fsp3) is 0.0870. The molecule has 2 heterocycles. The van der Waals surface area contributed by atoms with Crippen molar-refractivity contribution in [3.05, 3.63) is 78.8 Å². The van der Waals surface area contributed by atoms with Crippen LogP contribution in [0, 0.1) is 6.92 Å². The maximum absolute atomic E-state index is 12.3. The second kappa shape index (κ2) is 8.58. The third kappa shape index (κ3) is 4.99. The Morgan fingerprint density at radius 2 is 1.77 bits per heavy atom. The minimum absolute atomic E-state index is 0.267. The van der Waals surface area contributed by atoms with Gasteiger partial charge in [0.1, 0.15) is 5.75 Å². The number of nitrogens with zero attached hydrogens (tertiary/aromatic N) is 3. The van der Waals surface area contributed by atoms with Crippen LogP contribution in [0.3, 0.4) is 0 Å². The summed E-state index contributed by atoms with van der Waals surface area (Å²) in [6, 6.07) is 16.1. The molecule has 2 amide bonds. The lowest BCUT2D eigenvalue weighted by Crippen LogP contribution is -2.19. The molecule has 156 valence electrons. The Morgan fingerprint density at radius 1 is 1.00 bits per heavy atom. The maximum Gasteiger partial charge on any atom is 0.323 e. The van der Waals surface area contributed by atoms with Gasteiger partial charge >= 0.3 is 6.03 Å². The van der Waals surface area contributed by atoms with E-state index in [4.69, 9.17) is 10.5 Å². The normalized spacial score (nSPS) is 10.5. The number of hydrogen-bond acceptors (Lipinski definition) is 5. The molecular formula is C23H22N6O2. The second-order valence-corrected chi connectivity index (χ2v) is 7.09. The lowest BCUT2D eigenvalue weighted by Gasteiger charge is -2.12. The molecular weight excluding hydrogens is 392 g/mol. The van der Waals surface area contributed by atoms with Gasteiger partial charge in [-0.1, -0.05) is 23.8 Å². The van der Waals surface area contributed by atoms with Crippen molar-refractivity contribution in [2.24, 2.45) is 7.05 Å². The van der Waals surface area contributed by atoms with Gasteiger partial charge in [0.25, 0.3) is 0 Å². The Morgan fingerprint density at radius 3 is 2.52 bits per heavy atom. The van der Waals surface area contributed by atoms with Crippen LogP contribution in [0.4, 0.5) is 22.0 Å². The lowest BCUT2D eigenvalue weighted by molar-refractivity contribution is 0.262. The van der Waals surface area contributed by atoms with E-state index in [-0.39, 0.29) is 11.8 Å². The number of hydrogen-bond donors (Lipinski definition) is 3. The van der Waals surface area contributed by atoms with Crippen LogP contribution in [0.5, 0.6) is 11.5 Å². The number of urea groups is 1. The van der Waals surface area contributed by atoms with Crippen molar-refractivity contribution >= 4 is 23.2 Å². The number of pyridine rings is 1. The summed E-state index contributed by atoms with van der Waals surface area (Å²) in [4.78, 5) is 16.5. The molecule has 0 saturated carbocycles. The van der Waals surface area contributed by atoms with Gasteiger partial charge in [-0.05, 0) is 37.3 Å². The number of amides is 2. The quantitative estimate of drug-likeness (QED) is 0.434. The van der Waals surface area contributed by atoms with Crippen LogP contribution in [0.25, 0.3) is 11.1 Å². The van der Waals surface area contributed by atoms with E-state index in [1.807, 2.05) is 50.5 Å². The first-order valence-corrected chi connectivity index (χ1v) is 9.63. The highest BCUT2D eigenvalue weighted by atomic mass is 16.5. The molecule has 4 N–H and O–H groups in total. The average molecular weight is 414 g/mol. The molecule has 0 bridgehead atoms. The summed E-state index contributed by atoms with van der Waals surface area (Å²) in [5.41, 5.74) is 10.2. The van der Waals surface area contributed by atoms with E-state index in [1.165, 1.54) is 0 Å². The first-order chi connectivity index (χ1) is 15.0. The van der Waals surface area contributed by atoms with Crippen LogP contribution in [-0.4, -0.2) is 20.8 Å². The van der Waals surface area contributed by atoms with Crippen LogP contribution in [0.15, 0.2) is 73.2 Å². The minimum atomic E-state index is -0.347. The zero-order valence-electron chi connectivity index (χ0n) is 17.2. The Labute approximate surface area is 179 Å². The van der Waals surface area contributed by atoms with Gasteiger partial charge < -0.3 is 21.1 Å². The van der Waals surface area contributed by atoms with Gasteiger partial charge in [0.2, 0.25) is 0 Å². The third-order valence-corrected chi connectivity index (χ3v) is 4.55. The van der Waals surface area contributed by atoms with E-state index in [0.717, 1.165) is 16.7 Å². The van der Waals surface area contributed by atoms with Gasteiger partial charge in [0.05, 0.1) is 6.20 Å². The Bertz CT molecular complexity index is 1220. The first-order valence-electron chi connectivity index (χ1n) is 9.63. The summed E-state index contributed by atoms with van der Waals surface area (Å²) in [5.74, 6) is 1.20. The molecule has 0 fully saturated rings. The van der Waals surface area contributed by atoms with E-state index < -0.39 is 0 Å². The van der Waals surface area contributed by atoms with Crippen LogP contribution >= 0.6 is 0 Å². The monoisotopic (exact) mass is 414 g/mol. The molecule has 2 aromatic heterocycles. The standard InChI is InChI=1S/C23H22N6O2/c1-15-6-8-18(9-7-15)27-23(30)28-19-4-3-5-20(11-19)31-21-10-16(12-25-22(21)24)17-13-26-29(2)14-17/h3-14H,1-2H3,(H2,24,25)(H2,27,28,30). The van der Waals surface area contributed by atoms with E-state index in [1.54, 1.807) is 41.3 Å². The molecule has 4 aromatic rings. The highest BCUT2D eigenvalue weighted by molar-refractivity contribution is 5.99. The van der Waals surface area contributed by atoms with E-state index >= 15 is 0 Å². The van der Waals surface area contributed by atoms with Gasteiger partial charge in [-0.3, -0.25) is 4.68 Å². The van der Waals surface area contributed by atoms with Crippen molar-refractivity contribution in [1.29, 1.82) is 0 Å². The number of nitrogen functional groups attached to an aromatic ring is 1. The lowest BCUT2D eigenvalue weighted by atomic mass is 10.1. The minimum Gasteiger partial charge on any atom is -0.453 e. The van der Waals surface area contributed by atoms with Gasteiger partial charge in [0.15, 0.2) is 11.6 Å². The number of carbonyl (C=O) groups excluding carboxylic acids is 1. The van der Waals surface area contributed by atoms with Gasteiger partial charge in [-0.2, -0.15) is 5.10 Å². The molecule has 0 aliphatic carbocycles. The van der Waals surface area contributed by atoms with Crippen molar-refractivity contribution in [3.8, 4) is 22.6 Å². The summed E-state index contributed by atoms with van der Waals surface area (Å²) in [5, 5.41) is 9.77. The number of benzene rings is 2. The molecule has 8 heteroatoms. The Hall–Kier alpha value is -4.33. The van der Waals surface area contributed by atoms with E-state index in [2.05, 4.69) is 20.7 Å². The highest BCUT2D eigenvalue weighted by Crippen LogP contribution is 2.31. The predicted octanol–water partition coefficient (Wildman–Crippen LogP) is 4.81. The molecule has 0 aliphatic rings. The molecule has 0 radical (unpaired) electrons. The van der Waals surface area contributed by atoms with Crippen LogP contribution in [0.2, 0.25) is 0 Å². The SMILES string of the molecule is Cc1ccc(NC(=O)Nc2cccc(Oc3cc(-c4cnn(C)c4)cnc3N)c2)cc1. The first kappa shape index (κ1) is 20.0. The van der Waals surface area contributed by atoms with Gasteiger partial charge in [0, 0.05) is 48.0 Å². The van der Waals surface area contributed by atoms with Crippen molar-refractivity contribution in [3.63, 3.8) is 0 Å². The fourth-order valence-electron chi connectivity index (χ4n) is 2.96. The zero-order chi connectivity index (χ0) is 21.8. The number of nitrogens with two attached hydrogens (primary N) is 1. The molecule has 0 atom stereocenters. The molecule has 0 spiro atoms. The molecule has 0 aliphatic heterocycles. The number of anilines is 3. The summed E-state index contributed by atoms with van der Waals surface area (Å²) in [7, 11) is 1.85. The smallest absolute Gasteiger partial charge is 0.323 e. The largest absolute Gasteiger partial charge is 0.453 e. The van der Waals surface area contributed by atoms with E-state index in [0.29, 0.717) is 22.9 Å². The van der Waals surface area contributed by atoms with Crippen molar-refractivity contribution in [2.45, 2.75) is 6.92 Å². The number of aryl methyl sites for hydroxylation is 2. The molecule has 4 rings (SSSR count). The van der Waals surface area contributed by atoms with Crippen LogP contribution in [0.1, 0.15) is 5.56 Å². The summed E-state index contributed by atoms with van der Waals surface area (Å²) in [6.45, 7) is 1.99. The number of aromatic nitrogens is 3. The molecule has 8 nitrogen and oxygen atoms in total. The Balaban J connectivity index is 1.47. The van der Waals surface area contributed by atoms with Crippen molar-refractivity contribution in [2.75, 3.05) is 16.4 Å². The fourth-order valence-corrected chi connectivity index (χ4v) is 2.96. The predicted molar refractivity (Wildman–Crippen MR) is 121 cm³/mol. The topological polar surface area (TPSA) is 107 Å². The highest BCUT2D eigenvalue weighted by Gasteiger charge is 2.10. The van der Waals surface area contributed by atoms with Crippen LogP contribution < -0.4 is 21.1 Å². The maximum atomic E-state index is 12.3. The second-order valence-electron chi connectivity index (χ2n) is 7.09. The van der Waals surface area contributed by atoms with E-state index in [9.17, 15) is 4.79 Å². The van der Waals surface area contributed by atoms with Gasteiger partial charge in [-0.15, -0.1) is 0 Å². The van der Waals surface area contributed by atoms with Crippen molar-refractivity contribution in [1.82, 2.24) is 14.8 Å². The number of rotatable bonds is 5. The molecule has 2 aromatic carbocycles. The summed E-state index contributed by atoms with van der Waals surface area (Å²) >= 11 is 0. The average Bonchev–Trinajstić information content (AvgIpc) is 3.18. The van der Waals surface area contributed by atoms with Gasteiger partial charge in [-0.25, -0.2) is 9.78 Å². The molecule has 0 saturated heterocycles. The number of nitrogens with one attached hydrogen (secondary N) is 2. The Kier molecular flexibility index (Phi) is 5.53. The molecule has 31 heavy (non-hydrogen) atoms. The third-order valence-electron chi connectivity index (χ3n) is 4.55. The van der Waals surface area contributed by atoms with Crippen LogP contribution in [-0.2, 0) is 7.05 Å². The summed E-state index contributed by atoms with van der Waals surface area (Å²) in [6.07, 6.45) is 5.30. The van der Waals surface area contributed by atoms with Crippen molar-refractivity contribution < 1.29 is 9.53 Å². The summed E-state index contributed by atoms with van der Waals surface area (Å²) < 4.78 is 7.66. The number of ether oxygens (including phenoxy) is 1. The molecule has 0 unspecified atom stereocenters.